The highest BCUT2D eigenvalue weighted by atomic mass is 35.5. The largest absolute Gasteiger partial charge is 0.479 e. The summed E-state index contributed by atoms with van der Waals surface area (Å²) in [6.07, 6.45) is 2.08. The first-order chi connectivity index (χ1) is 7.62. The predicted molar refractivity (Wildman–Crippen MR) is 60.7 cm³/mol. The molecule has 0 radical (unpaired) electrons. The number of rotatable bonds is 2. The van der Waals surface area contributed by atoms with Crippen LogP contribution in [0.4, 0.5) is 0 Å². The summed E-state index contributed by atoms with van der Waals surface area (Å²) in [6, 6.07) is 5.34. The van der Waals surface area contributed by atoms with Gasteiger partial charge in [0.2, 0.25) is 0 Å². The lowest BCUT2D eigenvalue weighted by atomic mass is 9.79. The van der Waals surface area contributed by atoms with E-state index in [0.717, 1.165) is 18.4 Å². The Labute approximate surface area is 99.0 Å². The van der Waals surface area contributed by atoms with Crippen molar-refractivity contribution in [3.63, 3.8) is 0 Å². The van der Waals surface area contributed by atoms with Crippen molar-refractivity contribution in [3.05, 3.63) is 34.3 Å². The molecule has 0 amide bonds. The Bertz CT molecular complexity index is 430. The van der Waals surface area contributed by atoms with Gasteiger partial charge >= 0.3 is 5.97 Å². The number of ether oxygens (including phenoxy) is 1. The Morgan fingerprint density at radius 1 is 1.56 bits per heavy atom. The zero-order valence-electron chi connectivity index (χ0n) is 9.00. The van der Waals surface area contributed by atoms with Crippen molar-refractivity contribution in [1.29, 1.82) is 0 Å². The van der Waals surface area contributed by atoms with Crippen LogP contribution in [0.1, 0.15) is 24.0 Å². The lowest BCUT2D eigenvalue weighted by Gasteiger charge is -2.34. The van der Waals surface area contributed by atoms with Crippen molar-refractivity contribution in [2.45, 2.75) is 24.9 Å². The van der Waals surface area contributed by atoms with Gasteiger partial charge in [-0.15, -0.1) is 0 Å². The van der Waals surface area contributed by atoms with Crippen molar-refractivity contribution in [2.24, 2.45) is 0 Å². The van der Waals surface area contributed by atoms with E-state index in [1.165, 1.54) is 7.11 Å². The maximum Gasteiger partial charge on any atom is 0.340 e. The van der Waals surface area contributed by atoms with Gasteiger partial charge in [-0.2, -0.15) is 0 Å². The fraction of sp³-hybridized carbons (Fsp3) is 0.417. The zero-order valence-corrected chi connectivity index (χ0v) is 9.75. The number of hydrogen-bond donors (Lipinski definition) is 1. The molecule has 4 heteroatoms. The van der Waals surface area contributed by atoms with Crippen molar-refractivity contribution in [2.75, 3.05) is 7.11 Å². The van der Waals surface area contributed by atoms with Gasteiger partial charge in [-0.05, 0) is 36.5 Å². The first kappa shape index (κ1) is 11.4. The third-order valence-corrected chi connectivity index (χ3v) is 3.56. The number of methoxy groups -OCH3 is 1. The van der Waals surface area contributed by atoms with E-state index in [9.17, 15) is 9.90 Å². The first-order valence-corrected chi connectivity index (χ1v) is 5.56. The van der Waals surface area contributed by atoms with E-state index in [4.69, 9.17) is 16.3 Å². The van der Waals surface area contributed by atoms with Gasteiger partial charge in [-0.3, -0.25) is 0 Å². The normalized spacial score (nSPS) is 23.9. The third-order valence-electron chi connectivity index (χ3n) is 3.20. The second-order valence-electron chi connectivity index (χ2n) is 3.96. The van der Waals surface area contributed by atoms with E-state index in [1.807, 2.05) is 0 Å². The number of carbonyl (C=O) groups is 1. The number of fused-ring (bicyclic) bond motifs is 1. The molecule has 1 aliphatic rings. The minimum Gasteiger partial charge on any atom is -0.479 e. The summed E-state index contributed by atoms with van der Waals surface area (Å²) < 4.78 is 5.26. The van der Waals surface area contributed by atoms with Crippen LogP contribution in [-0.4, -0.2) is 18.2 Å². The second kappa shape index (κ2) is 4.07. The van der Waals surface area contributed by atoms with Crippen LogP contribution in [-0.2, 0) is 21.6 Å². The molecule has 2 rings (SSSR count). The molecule has 0 spiro atoms. The van der Waals surface area contributed by atoms with Crippen LogP contribution in [0, 0.1) is 0 Å². The van der Waals surface area contributed by atoms with Crippen LogP contribution in [0.2, 0.25) is 5.02 Å². The Morgan fingerprint density at radius 2 is 2.31 bits per heavy atom. The quantitative estimate of drug-likeness (QED) is 0.864. The molecule has 1 aromatic rings. The van der Waals surface area contributed by atoms with Crippen molar-refractivity contribution >= 4 is 17.6 Å². The number of benzene rings is 1. The smallest absolute Gasteiger partial charge is 0.340 e. The molecule has 0 bridgehead atoms. The maximum atomic E-state index is 11.4. The first-order valence-electron chi connectivity index (χ1n) is 5.18. The van der Waals surface area contributed by atoms with Gasteiger partial charge in [0.15, 0.2) is 5.60 Å². The second-order valence-corrected chi connectivity index (χ2v) is 4.36. The number of carboxylic acids is 1. The molecule has 16 heavy (non-hydrogen) atoms. The molecule has 0 saturated heterocycles. The molecule has 0 saturated carbocycles. The number of halogens is 1. The number of hydrogen-bond acceptors (Lipinski definition) is 2. The summed E-state index contributed by atoms with van der Waals surface area (Å²) >= 11 is 6.08. The summed E-state index contributed by atoms with van der Waals surface area (Å²) in [5.74, 6) is -0.946. The monoisotopic (exact) mass is 240 g/mol. The fourth-order valence-corrected chi connectivity index (χ4v) is 2.63. The van der Waals surface area contributed by atoms with Gasteiger partial charge in [0.05, 0.1) is 0 Å². The van der Waals surface area contributed by atoms with E-state index in [2.05, 4.69) is 0 Å². The molecule has 3 nitrogen and oxygen atoms in total. The summed E-state index contributed by atoms with van der Waals surface area (Å²) in [5.41, 5.74) is 0.374. The Balaban J connectivity index is 2.63. The number of carboxylic acid groups (broad SMARTS) is 1. The fourth-order valence-electron chi connectivity index (χ4n) is 2.36. The van der Waals surface area contributed by atoms with Crippen molar-refractivity contribution in [3.8, 4) is 0 Å². The molecule has 1 aromatic carbocycles. The van der Waals surface area contributed by atoms with E-state index in [0.29, 0.717) is 17.0 Å². The molecule has 0 aliphatic heterocycles. The topological polar surface area (TPSA) is 46.5 Å². The minimum atomic E-state index is -1.22. The van der Waals surface area contributed by atoms with Gasteiger partial charge in [0, 0.05) is 12.1 Å². The molecule has 1 unspecified atom stereocenters. The highest BCUT2D eigenvalue weighted by molar-refractivity contribution is 6.31. The average Bonchev–Trinajstić information content (AvgIpc) is 2.28. The lowest BCUT2D eigenvalue weighted by molar-refractivity contribution is -0.165. The third kappa shape index (κ3) is 1.51. The van der Waals surface area contributed by atoms with Crippen molar-refractivity contribution in [1.82, 2.24) is 0 Å². The standard InChI is InChI=1S/C12H13ClO3/c1-16-12(11(14)15)7-3-4-8-9(12)5-2-6-10(8)13/h2,5-6H,3-4,7H2,1H3,(H,14,15). The molecular formula is C12H13ClO3. The highest BCUT2D eigenvalue weighted by Gasteiger charge is 2.44. The minimum absolute atomic E-state index is 0.492. The molecule has 86 valence electrons. The zero-order chi connectivity index (χ0) is 11.8. The molecule has 0 aromatic heterocycles. The summed E-state index contributed by atoms with van der Waals surface area (Å²) in [7, 11) is 1.43. The van der Waals surface area contributed by atoms with E-state index in [1.54, 1.807) is 18.2 Å². The van der Waals surface area contributed by atoms with Crippen LogP contribution in [0.5, 0.6) is 0 Å². The Hall–Kier alpha value is -1.06. The van der Waals surface area contributed by atoms with Gasteiger partial charge in [-0.1, -0.05) is 23.7 Å². The molecule has 1 aliphatic carbocycles. The summed E-state index contributed by atoms with van der Waals surface area (Å²) in [5, 5.41) is 9.98. The molecule has 1 atom stereocenters. The predicted octanol–water partition coefficient (Wildman–Crippen LogP) is 2.60. The van der Waals surface area contributed by atoms with Gasteiger partial charge in [0.1, 0.15) is 0 Å². The maximum absolute atomic E-state index is 11.4. The Morgan fingerprint density at radius 3 is 2.94 bits per heavy atom. The van der Waals surface area contributed by atoms with Crippen LogP contribution >= 0.6 is 11.6 Å². The Kier molecular flexibility index (Phi) is 2.91. The molecule has 0 heterocycles. The molecular weight excluding hydrogens is 228 g/mol. The molecule has 0 fully saturated rings. The highest BCUT2D eigenvalue weighted by Crippen LogP contribution is 2.40. The summed E-state index contributed by atoms with van der Waals surface area (Å²) in [6.45, 7) is 0. The average molecular weight is 241 g/mol. The number of aliphatic carboxylic acids is 1. The van der Waals surface area contributed by atoms with Crippen LogP contribution < -0.4 is 0 Å². The summed E-state index contributed by atoms with van der Waals surface area (Å²) in [4.78, 5) is 11.4. The van der Waals surface area contributed by atoms with Crippen LogP contribution in [0.25, 0.3) is 0 Å². The van der Waals surface area contributed by atoms with Crippen LogP contribution in [0.15, 0.2) is 18.2 Å². The van der Waals surface area contributed by atoms with Gasteiger partial charge in [0.25, 0.3) is 0 Å². The van der Waals surface area contributed by atoms with E-state index >= 15 is 0 Å². The van der Waals surface area contributed by atoms with Crippen LogP contribution in [0.3, 0.4) is 0 Å². The lowest BCUT2D eigenvalue weighted by Crippen LogP contribution is -2.41. The molecule has 1 N–H and O–H groups in total. The van der Waals surface area contributed by atoms with Gasteiger partial charge in [-0.25, -0.2) is 4.79 Å². The SMILES string of the molecule is COC1(C(=O)O)CCCc2c(Cl)cccc21. The van der Waals surface area contributed by atoms with Crippen molar-refractivity contribution < 1.29 is 14.6 Å². The van der Waals surface area contributed by atoms with E-state index < -0.39 is 11.6 Å². The van der Waals surface area contributed by atoms with E-state index in [-0.39, 0.29) is 0 Å². The van der Waals surface area contributed by atoms with Gasteiger partial charge < -0.3 is 9.84 Å².